The van der Waals surface area contributed by atoms with Crippen molar-refractivity contribution in [1.29, 1.82) is 0 Å². The fourth-order valence-electron chi connectivity index (χ4n) is 3.45. The van der Waals surface area contributed by atoms with Gasteiger partial charge in [0.05, 0.1) is 5.56 Å². The number of benzene rings is 1. The minimum Gasteiger partial charge on any atom is -0.456 e. The number of carbonyl (C=O) groups excluding carboxylic acids is 2. The summed E-state index contributed by atoms with van der Waals surface area (Å²) in [6.45, 7) is -1.12. The Hall–Kier alpha value is -3.96. The molecule has 0 fully saturated rings. The highest BCUT2D eigenvalue weighted by Crippen LogP contribution is 2.28. The molecule has 35 heavy (non-hydrogen) atoms. The molecule has 0 N–H and O–H groups in total. The Balaban J connectivity index is 1.69. The van der Waals surface area contributed by atoms with Crippen LogP contribution in [-0.2, 0) is 22.3 Å². The fraction of sp³-hybridized carbons (Fsp3) is 0.261. The van der Waals surface area contributed by atoms with Crippen molar-refractivity contribution in [3.63, 3.8) is 0 Å². The lowest BCUT2D eigenvalue weighted by molar-refractivity contribution is -0.144. The first kappa shape index (κ1) is 25.7. The van der Waals surface area contributed by atoms with Crippen LogP contribution in [0.25, 0.3) is 5.69 Å². The molecule has 7 nitrogen and oxygen atoms in total. The van der Waals surface area contributed by atoms with Crippen molar-refractivity contribution in [3.8, 4) is 11.4 Å². The maximum absolute atomic E-state index is 12.8. The van der Waals surface area contributed by atoms with E-state index >= 15 is 0 Å². The third kappa shape index (κ3) is 6.14. The standard InChI is InChI=1S/C23H19F5N2O5/c1-13-9-18(14(2)30(13)16-4-6-17(7-5-16)35-22(24)25)19(31)12-34-21(33)11-29-10-15(23(26,27)28)3-8-20(29)32/h3-10,22H,11-12H2,1-2H3. The number of ether oxygens (including phenoxy) is 2. The molecule has 0 saturated carbocycles. The molecule has 0 aliphatic carbocycles. The summed E-state index contributed by atoms with van der Waals surface area (Å²) in [6.07, 6.45) is -4.20. The number of Topliss-reactive ketones (excluding diaryl/α,β-unsaturated/α-hetero) is 1. The molecule has 12 heteroatoms. The van der Waals surface area contributed by atoms with Gasteiger partial charge in [-0.05, 0) is 50.2 Å². The average Bonchev–Trinajstić information content (AvgIpc) is 3.07. The minimum absolute atomic E-state index is 0.0331. The number of hydrogen-bond acceptors (Lipinski definition) is 5. The summed E-state index contributed by atoms with van der Waals surface area (Å²) in [6, 6.07) is 8.58. The Labute approximate surface area is 195 Å². The second-order valence-corrected chi connectivity index (χ2v) is 7.46. The van der Waals surface area contributed by atoms with Crippen molar-refractivity contribution in [2.24, 2.45) is 0 Å². The Bertz CT molecular complexity index is 1290. The van der Waals surface area contributed by atoms with E-state index in [-0.39, 0.29) is 11.3 Å². The number of aryl methyl sites for hydroxylation is 1. The van der Waals surface area contributed by atoms with Crippen LogP contribution >= 0.6 is 0 Å². The van der Waals surface area contributed by atoms with Gasteiger partial charge in [0.1, 0.15) is 12.3 Å². The van der Waals surface area contributed by atoms with E-state index in [0.29, 0.717) is 40.0 Å². The van der Waals surface area contributed by atoms with E-state index in [1.165, 1.54) is 24.3 Å². The highest BCUT2D eigenvalue weighted by atomic mass is 19.4. The van der Waals surface area contributed by atoms with E-state index < -0.39 is 48.8 Å². The SMILES string of the molecule is Cc1cc(C(=O)COC(=O)Cn2cc(C(F)(F)F)ccc2=O)c(C)n1-c1ccc(OC(F)F)cc1. The summed E-state index contributed by atoms with van der Waals surface area (Å²) >= 11 is 0. The number of carbonyl (C=O) groups is 2. The molecule has 0 aliphatic rings. The van der Waals surface area contributed by atoms with Gasteiger partial charge in [0, 0.05) is 34.9 Å². The first-order chi connectivity index (χ1) is 16.4. The zero-order chi connectivity index (χ0) is 25.9. The first-order valence-corrected chi connectivity index (χ1v) is 10.1. The van der Waals surface area contributed by atoms with Crippen LogP contribution < -0.4 is 10.3 Å². The summed E-state index contributed by atoms with van der Waals surface area (Å²) < 4.78 is 74.6. The predicted molar refractivity (Wildman–Crippen MR) is 113 cm³/mol. The molecule has 3 aromatic rings. The number of nitrogens with zero attached hydrogens (tertiary/aromatic N) is 2. The Kier molecular flexibility index (Phi) is 7.42. The lowest BCUT2D eigenvalue weighted by atomic mass is 10.1. The zero-order valence-corrected chi connectivity index (χ0v) is 18.4. The molecule has 0 radical (unpaired) electrons. The van der Waals surface area contributed by atoms with E-state index in [4.69, 9.17) is 4.74 Å². The molecule has 3 rings (SSSR count). The molecule has 2 aromatic heterocycles. The van der Waals surface area contributed by atoms with E-state index in [9.17, 15) is 36.3 Å². The average molecular weight is 498 g/mol. The van der Waals surface area contributed by atoms with Crippen LogP contribution in [0.1, 0.15) is 27.3 Å². The van der Waals surface area contributed by atoms with Gasteiger partial charge < -0.3 is 18.6 Å². The maximum Gasteiger partial charge on any atom is 0.417 e. The third-order valence-corrected chi connectivity index (χ3v) is 5.03. The second kappa shape index (κ2) is 10.1. The number of pyridine rings is 1. The molecule has 0 aliphatic heterocycles. The predicted octanol–water partition coefficient (Wildman–Crippen LogP) is 4.30. The van der Waals surface area contributed by atoms with E-state index in [2.05, 4.69) is 4.74 Å². The summed E-state index contributed by atoms with van der Waals surface area (Å²) in [4.78, 5) is 36.5. The topological polar surface area (TPSA) is 79.5 Å². The molecule has 0 atom stereocenters. The summed E-state index contributed by atoms with van der Waals surface area (Å²) in [7, 11) is 0. The van der Waals surface area contributed by atoms with Gasteiger partial charge in [-0.3, -0.25) is 14.4 Å². The first-order valence-electron chi connectivity index (χ1n) is 10.1. The Morgan fingerprint density at radius 1 is 1.03 bits per heavy atom. The highest BCUT2D eigenvalue weighted by Gasteiger charge is 2.31. The van der Waals surface area contributed by atoms with Crippen LogP contribution in [0, 0.1) is 13.8 Å². The zero-order valence-electron chi connectivity index (χ0n) is 18.4. The Morgan fingerprint density at radius 3 is 2.29 bits per heavy atom. The van der Waals surface area contributed by atoms with Crippen LogP contribution in [0.15, 0.2) is 53.5 Å². The van der Waals surface area contributed by atoms with Crippen LogP contribution in [0.4, 0.5) is 22.0 Å². The van der Waals surface area contributed by atoms with Gasteiger partial charge in [0.2, 0.25) is 5.78 Å². The lowest BCUT2D eigenvalue weighted by Crippen LogP contribution is -2.27. The summed E-state index contributed by atoms with van der Waals surface area (Å²) in [5, 5.41) is 0. The molecular formula is C23H19F5N2O5. The van der Waals surface area contributed by atoms with Gasteiger partial charge in [-0.15, -0.1) is 0 Å². The largest absolute Gasteiger partial charge is 0.456 e. The number of rotatable bonds is 8. The highest BCUT2D eigenvalue weighted by molar-refractivity contribution is 5.99. The molecular weight excluding hydrogens is 479 g/mol. The van der Waals surface area contributed by atoms with Crippen molar-refractivity contribution in [2.45, 2.75) is 33.2 Å². The van der Waals surface area contributed by atoms with Crippen LogP contribution in [0.5, 0.6) is 5.75 Å². The van der Waals surface area contributed by atoms with Crippen LogP contribution in [-0.4, -0.2) is 34.1 Å². The van der Waals surface area contributed by atoms with Crippen LogP contribution in [0.3, 0.4) is 0 Å². The van der Waals surface area contributed by atoms with Gasteiger partial charge in [0.25, 0.3) is 5.56 Å². The number of ketones is 1. The van der Waals surface area contributed by atoms with Crippen molar-refractivity contribution >= 4 is 11.8 Å². The van der Waals surface area contributed by atoms with Gasteiger partial charge in [-0.1, -0.05) is 0 Å². The number of halogens is 5. The number of esters is 1. The molecule has 186 valence electrons. The second-order valence-electron chi connectivity index (χ2n) is 7.46. The smallest absolute Gasteiger partial charge is 0.417 e. The van der Waals surface area contributed by atoms with E-state index in [0.717, 1.165) is 0 Å². The summed E-state index contributed by atoms with van der Waals surface area (Å²) in [5.41, 5.74) is -0.0339. The Morgan fingerprint density at radius 2 is 1.69 bits per heavy atom. The normalized spacial score (nSPS) is 11.5. The van der Waals surface area contributed by atoms with Gasteiger partial charge in [0.15, 0.2) is 6.61 Å². The van der Waals surface area contributed by atoms with Crippen molar-refractivity contribution in [3.05, 3.63) is 81.5 Å². The van der Waals surface area contributed by atoms with Crippen molar-refractivity contribution < 1.29 is 41.0 Å². The number of alkyl halides is 5. The molecule has 2 heterocycles. The van der Waals surface area contributed by atoms with E-state index in [1.54, 1.807) is 24.5 Å². The molecule has 0 bridgehead atoms. The molecule has 0 spiro atoms. The number of hydrogen-bond donors (Lipinski definition) is 0. The maximum atomic E-state index is 12.8. The van der Waals surface area contributed by atoms with Gasteiger partial charge in [-0.25, -0.2) is 0 Å². The quantitative estimate of drug-likeness (QED) is 0.263. The van der Waals surface area contributed by atoms with Gasteiger partial charge >= 0.3 is 18.8 Å². The number of aromatic nitrogens is 2. The van der Waals surface area contributed by atoms with Crippen molar-refractivity contribution in [1.82, 2.24) is 9.13 Å². The lowest BCUT2D eigenvalue weighted by Gasteiger charge is -2.12. The molecule has 0 unspecified atom stereocenters. The molecule has 0 amide bonds. The summed E-state index contributed by atoms with van der Waals surface area (Å²) in [5.74, 6) is -1.68. The fourth-order valence-corrected chi connectivity index (χ4v) is 3.45. The monoisotopic (exact) mass is 498 g/mol. The van der Waals surface area contributed by atoms with E-state index in [1.807, 2.05) is 0 Å². The minimum atomic E-state index is -4.70. The van der Waals surface area contributed by atoms with Gasteiger partial charge in [-0.2, -0.15) is 22.0 Å². The molecule has 1 aromatic carbocycles. The van der Waals surface area contributed by atoms with Crippen LogP contribution in [0.2, 0.25) is 0 Å². The van der Waals surface area contributed by atoms with Crippen molar-refractivity contribution in [2.75, 3.05) is 6.61 Å². The third-order valence-electron chi connectivity index (χ3n) is 5.03. The molecule has 0 saturated heterocycles.